The molecule has 2 N–H and O–H groups in total. The van der Waals surface area contributed by atoms with Crippen LogP contribution in [0.25, 0.3) is 0 Å². The lowest BCUT2D eigenvalue weighted by molar-refractivity contribution is 0.760. The number of aromatic nitrogens is 2. The van der Waals surface area contributed by atoms with Gasteiger partial charge in [-0.2, -0.15) is 0 Å². The third kappa shape index (κ3) is 2.49. The van der Waals surface area contributed by atoms with E-state index in [9.17, 15) is 0 Å². The van der Waals surface area contributed by atoms with Crippen LogP contribution in [0.1, 0.15) is 28.3 Å². The van der Waals surface area contributed by atoms with E-state index in [4.69, 9.17) is 5.73 Å². The molecule has 0 saturated carbocycles. The SMILES string of the molecule is Cc1ccc(Cc2c(C)nc(CN)n2C)cc1Br. The first-order chi connectivity index (χ1) is 8.52. The standard InChI is InChI=1S/C14H18BrN3/c1-9-4-5-11(6-12(9)15)7-13-10(2)17-14(8-16)18(13)3/h4-6H,7-8,16H2,1-3H3. The van der Waals surface area contributed by atoms with Crippen LogP contribution in [-0.4, -0.2) is 9.55 Å². The lowest BCUT2D eigenvalue weighted by atomic mass is 10.1. The van der Waals surface area contributed by atoms with Gasteiger partial charge < -0.3 is 10.3 Å². The van der Waals surface area contributed by atoms with Crippen LogP contribution in [0.5, 0.6) is 0 Å². The van der Waals surface area contributed by atoms with Gasteiger partial charge in [-0.1, -0.05) is 28.1 Å². The Morgan fingerprint density at radius 3 is 2.61 bits per heavy atom. The lowest BCUT2D eigenvalue weighted by Gasteiger charge is -2.07. The predicted molar refractivity (Wildman–Crippen MR) is 77.5 cm³/mol. The Morgan fingerprint density at radius 1 is 1.33 bits per heavy atom. The summed E-state index contributed by atoms with van der Waals surface area (Å²) >= 11 is 3.57. The van der Waals surface area contributed by atoms with Gasteiger partial charge >= 0.3 is 0 Å². The maximum absolute atomic E-state index is 5.68. The van der Waals surface area contributed by atoms with Gasteiger partial charge in [0.25, 0.3) is 0 Å². The van der Waals surface area contributed by atoms with Crippen LogP contribution in [0, 0.1) is 13.8 Å². The molecule has 0 saturated heterocycles. The Bertz CT molecular complexity index is 573. The highest BCUT2D eigenvalue weighted by molar-refractivity contribution is 9.10. The minimum Gasteiger partial charge on any atom is -0.333 e. The first-order valence-electron chi connectivity index (χ1n) is 5.99. The average Bonchev–Trinajstić information content (AvgIpc) is 2.61. The van der Waals surface area contributed by atoms with Gasteiger partial charge in [-0.3, -0.25) is 0 Å². The van der Waals surface area contributed by atoms with Crippen molar-refractivity contribution in [1.82, 2.24) is 9.55 Å². The van der Waals surface area contributed by atoms with Crippen molar-refractivity contribution in [3.63, 3.8) is 0 Å². The molecular formula is C14H18BrN3. The molecule has 4 heteroatoms. The highest BCUT2D eigenvalue weighted by Gasteiger charge is 2.11. The molecule has 18 heavy (non-hydrogen) atoms. The van der Waals surface area contributed by atoms with Crippen molar-refractivity contribution in [2.45, 2.75) is 26.8 Å². The van der Waals surface area contributed by atoms with Crippen molar-refractivity contribution in [2.75, 3.05) is 0 Å². The van der Waals surface area contributed by atoms with Crippen LogP contribution in [0.2, 0.25) is 0 Å². The summed E-state index contributed by atoms with van der Waals surface area (Å²) in [6.07, 6.45) is 0.883. The van der Waals surface area contributed by atoms with Crippen LogP contribution < -0.4 is 5.73 Å². The molecule has 0 fully saturated rings. The zero-order chi connectivity index (χ0) is 13.3. The molecule has 0 radical (unpaired) electrons. The van der Waals surface area contributed by atoms with Gasteiger partial charge in [0.2, 0.25) is 0 Å². The van der Waals surface area contributed by atoms with Crippen molar-refractivity contribution < 1.29 is 0 Å². The molecule has 0 amide bonds. The van der Waals surface area contributed by atoms with E-state index in [-0.39, 0.29) is 0 Å². The second kappa shape index (κ2) is 5.24. The minimum absolute atomic E-state index is 0.481. The normalized spacial score (nSPS) is 10.9. The van der Waals surface area contributed by atoms with E-state index in [0.717, 1.165) is 22.4 Å². The number of nitrogens with two attached hydrogens (primary N) is 1. The summed E-state index contributed by atoms with van der Waals surface area (Å²) in [6.45, 7) is 4.61. The van der Waals surface area contributed by atoms with Crippen LogP contribution in [-0.2, 0) is 20.0 Å². The first-order valence-corrected chi connectivity index (χ1v) is 6.78. The third-order valence-electron chi connectivity index (χ3n) is 3.30. The van der Waals surface area contributed by atoms with Crippen LogP contribution in [0.15, 0.2) is 22.7 Å². The molecular weight excluding hydrogens is 290 g/mol. The zero-order valence-electron chi connectivity index (χ0n) is 11.0. The number of nitrogens with zero attached hydrogens (tertiary/aromatic N) is 2. The molecule has 0 unspecified atom stereocenters. The fourth-order valence-electron chi connectivity index (χ4n) is 2.10. The largest absolute Gasteiger partial charge is 0.333 e. The summed E-state index contributed by atoms with van der Waals surface area (Å²) in [5, 5.41) is 0. The lowest BCUT2D eigenvalue weighted by Crippen LogP contribution is -2.07. The number of halogens is 1. The monoisotopic (exact) mass is 307 g/mol. The zero-order valence-corrected chi connectivity index (χ0v) is 12.6. The summed E-state index contributed by atoms with van der Waals surface area (Å²) in [6, 6.07) is 6.47. The van der Waals surface area contributed by atoms with Gasteiger partial charge in [-0.05, 0) is 31.0 Å². The molecule has 2 rings (SSSR count). The number of hydrogen-bond acceptors (Lipinski definition) is 2. The smallest absolute Gasteiger partial charge is 0.122 e. The summed E-state index contributed by atoms with van der Waals surface area (Å²) in [4.78, 5) is 4.49. The number of imidazole rings is 1. The molecule has 1 heterocycles. The van der Waals surface area contributed by atoms with E-state index in [1.54, 1.807) is 0 Å². The van der Waals surface area contributed by atoms with E-state index in [0.29, 0.717) is 6.54 Å². The minimum atomic E-state index is 0.481. The Labute approximate surface area is 116 Å². The van der Waals surface area contributed by atoms with E-state index in [1.807, 2.05) is 14.0 Å². The van der Waals surface area contributed by atoms with Crippen molar-refractivity contribution in [2.24, 2.45) is 12.8 Å². The fourth-order valence-corrected chi connectivity index (χ4v) is 2.53. The van der Waals surface area contributed by atoms with Crippen LogP contribution in [0.3, 0.4) is 0 Å². The fraction of sp³-hybridized carbons (Fsp3) is 0.357. The number of benzene rings is 1. The molecule has 1 aromatic carbocycles. The van der Waals surface area contributed by atoms with E-state index >= 15 is 0 Å². The maximum atomic E-state index is 5.68. The summed E-state index contributed by atoms with van der Waals surface area (Å²) in [5.74, 6) is 0.939. The molecule has 1 aromatic heterocycles. The quantitative estimate of drug-likeness (QED) is 0.947. The Morgan fingerprint density at radius 2 is 2.06 bits per heavy atom. The second-order valence-corrected chi connectivity index (χ2v) is 5.44. The molecule has 0 bridgehead atoms. The van der Waals surface area contributed by atoms with Crippen molar-refractivity contribution >= 4 is 15.9 Å². The molecule has 2 aromatic rings. The molecule has 3 nitrogen and oxygen atoms in total. The van der Waals surface area contributed by atoms with Gasteiger partial charge in [0.1, 0.15) is 5.82 Å². The molecule has 96 valence electrons. The highest BCUT2D eigenvalue weighted by atomic mass is 79.9. The summed E-state index contributed by atoms with van der Waals surface area (Å²) in [5.41, 5.74) is 10.5. The van der Waals surface area contributed by atoms with Crippen LogP contribution in [0.4, 0.5) is 0 Å². The molecule has 0 atom stereocenters. The molecule has 0 spiro atoms. The van der Waals surface area contributed by atoms with Crippen molar-refractivity contribution in [3.05, 3.63) is 51.0 Å². The molecule has 0 aliphatic carbocycles. The topological polar surface area (TPSA) is 43.8 Å². The van der Waals surface area contributed by atoms with E-state index < -0.39 is 0 Å². The summed E-state index contributed by atoms with van der Waals surface area (Å²) < 4.78 is 3.25. The Balaban J connectivity index is 2.33. The number of hydrogen-bond donors (Lipinski definition) is 1. The Hall–Kier alpha value is -1.13. The predicted octanol–water partition coefficient (Wildman–Crippen LogP) is 2.85. The highest BCUT2D eigenvalue weighted by Crippen LogP contribution is 2.21. The van der Waals surface area contributed by atoms with Crippen LogP contribution >= 0.6 is 15.9 Å². The average molecular weight is 308 g/mol. The number of aryl methyl sites for hydroxylation is 2. The van der Waals surface area contributed by atoms with Crippen molar-refractivity contribution in [1.29, 1.82) is 0 Å². The van der Waals surface area contributed by atoms with Gasteiger partial charge in [-0.25, -0.2) is 4.98 Å². The maximum Gasteiger partial charge on any atom is 0.122 e. The van der Waals surface area contributed by atoms with E-state index in [2.05, 4.69) is 50.6 Å². The molecule has 0 aliphatic heterocycles. The van der Waals surface area contributed by atoms with E-state index in [1.165, 1.54) is 16.8 Å². The van der Waals surface area contributed by atoms with Gasteiger partial charge in [0.15, 0.2) is 0 Å². The van der Waals surface area contributed by atoms with Gasteiger partial charge in [0, 0.05) is 23.6 Å². The third-order valence-corrected chi connectivity index (χ3v) is 4.15. The summed E-state index contributed by atoms with van der Waals surface area (Å²) in [7, 11) is 2.03. The van der Waals surface area contributed by atoms with Gasteiger partial charge in [0.05, 0.1) is 12.2 Å². The first kappa shape index (κ1) is 13.3. The molecule has 0 aliphatic rings. The van der Waals surface area contributed by atoms with Crippen molar-refractivity contribution in [3.8, 4) is 0 Å². The Kier molecular flexibility index (Phi) is 3.88. The van der Waals surface area contributed by atoms with Gasteiger partial charge in [-0.15, -0.1) is 0 Å². The second-order valence-electron chi connectivity index (χ2n) is 4.58. The number of rotatable bonds is 3.